The van der Waals surface area contributed by atoms with Gasteiger partial charge in [-0.05, 0) is 64.6 Å². The van der Waals surface area contributed by atoms with Gasteiger partial charge in [-0.25, -0.2) is 0 Å². The quantitative estimate of drug-likeness (QED) is 0.185. The van der Waals surface area contributed by atoms with Gasteiger partial charge in [-0.2, -0.15) is 15.0 Å². The Morgan fingerprint density at radius 3 is 1.08 bits per heavy atom. The molecule has 0 spiro atoms. The molecule has 0 bridgehead atoms. The highest BCUT2D eigenvalue weighted by atomic mass is 15.3. The number of nitrogens with zero attached hydrogens (tertiary/aromatic N) is 5. The maximum absolute atomic E-state index is 9.19. The number of aromatic nitrogens is 5. The molecule has 0 saturated heterocycles. The van der Waals surface area contributed by atoms with Gasteiger partial charge in [-0.1, -0.05) is 133 Å². The van der Waals surface area contributed by atoms with Crippen LogP contribution in [-0.4, -0.2) is 24.1 Å². The van der Waals surface area contributed by atoms with E-state index in [1.165, 1.54) is 0 Å². The Bertz CT molecular complexity index is 3390. The summed E-state index contributed by atoms with van der Waals surface area (Å²) < 4.78 is 144. The third kappa shape index (κ3) is 4.52. The summed E-state index contributed by atoms with van der Waals surface area (Å²) in [4.78, 5) is 14.6. The van der Waals surface area contributed by atoms with Gasteiger partial charge >= 0.3 is 0 Å². The van der Waals surface area contributed by atoms with Gasteiger partial charge < -0.3 is 0 Å². The van der Waals surface area contributed by atoms with Crippen molar-refractivity contribution < 1.29 is 21.9 Å². The van der Waals surface area contributed by atoms with Crippen molar-refractivity contribution in [2.45, 2.75) is 0 Å². The highest BCUT2D eigenvalue weighted by Gasteiger charge is 2.21. The maximum Gasteiger partial charge on any atom is 0.240 e. The van der Waals surface area contributed by atoms with Crippen LogP contribution in [0.4, 0.5) is 0 Å². The summed E-state index contributed by atoms with van der Waals surface area (Å²) >= 11 is 0. The molecule has 10 aromatic rings. The summed E-state index contributed by atoms with van der Waals surface area (Å²) in [6, 6.07) is 13.8. The second kappa shape index (κ2) is 11.4. The summed E-state index contributed by atoms with van der Waals surface area (Å²) in [5, 5.41) is -1.04. The van der Waals surface area contributed by atoms with Crippen molar-refractivity contribution in [3.8, 4) is 45.5 Å². The number of hydrogen-bond donors (Lipinski definition) is 0. The van der Waals surface area contributed by atoms with E-state index in [9.17, 15) is 5.48 Å². The second-order valence-corrected chi connectivity index (χ2v) is 11.4. The summed E-state index contributed by atoms with van der Waals surface area (Å²) in [6.07, 6.45) is 0. The van der Waals surface area contributed by atoms with Gasteiger partial charge in [0.05, 0.1) is 44.0 Å². The lowest BCUT2D eigenvalue weighted by Crippen LogP contribution is -2.10. The maximum atomic E-state index is 9.19. The number of para-hydroxylation sites is 4. The van der Waals surface area contributed by atoms with E-state index in [4.69, 9.17) is 31.4 Å². The van der Waals surface area contributed by atoms with E-state index in [-0.39, 0.29) is 49.4 Å². The Morgan fingerprint density at radius 1 is 0.360 bits per heavy atom. The lowest BCUT2D eigenvalue weighted by molar-refractivity contribution is 0.893. The van der Waals surface area contributed by atoms with Gasteiger partial charge in [0.15, 0.2) is 5.82 Å². The Morgan fingerprint density at radius 2 is 0.700 bits per heavy atom. The first-order chi connectivity index (χ1) is 31.4. The molecule has 50 heavy (non-hydrogen) atoms. The molecule has 0 N–H and O–H groups in total. The van der Waals surface area contributed by atoms with Crippen LogP contribution in [0.5, 0.6) is 0 Å². The lowest BCUT2D eigenvalue weighted by atomic mass is 9.96. The van der Waals surface area contributed by atoms with E-state index in [0.717, 1.165) is 20.3 Å². The van der Waals surface area contributed by atoms with Gasteiger partial charge in [-0.15, -0.1) is 0 Å². The van der Waals surface area contributed by atoms with Gasteiger partial charge in [-0.3, -0.25) is 9.13 Å². The van der Waals surface area contributed by atoms with Crippen LogP contribution in [0.15, 0.2) is 176 Å². The minimum absolute atomic E-state index is 0.140. The molecule has 0 fully saturated rings. The van der Waals surface area contributed by atoms with Crippen LogP contribution >= 0.6 is 0 Å². The van der Waals surface area contributed by atoms with Crippen molar-refractivity contribution in [1.82, 2.24) is 24.1 Å². The normalized spacial score (nSPS) is 16.1. The largest absolute Gasteiger partial charge is 0.278 e. The Balaban J connectivity index is 1.45. The van der Waals surface area contributed by atoms with Gasteiger partial charge in [0.2, 0.25) is 11.9 Å². The van der Waals surface area contributed by atoms with Crippen molar-refractivity contribution in [3.63, 3.8) is 0 Å². The van der Waals surface area contributed by atoms with Crippen molar-refractivity contribution in [2.75, 3.05) is 0 Å². The molecular weight excluding hydrogens is 611 g/mol. The summed E-state index contributed by atoms with van der Waals surface area (Å²) in [5.74, 6) is -1.07. The molecular formula is C45H29N5. The topological polar surface area (TPSA) is 48.5 Å². The molecule has 0 amide bonds. The van der Waals surface area contributed by atoms with Gasteiger partial charge in [0.25, 0.3) is 0 Å². The fourth-order valence-corrected chi connectivity index (χ4v) is 6.28. The van der Waals surface area contributed by atoms with Crippen LogP contribution in [0.3, 0.4) is 0 Å². The molecule has 10 rings (SSSR count). The fraction of sp³-hybridized carbons (Fsp3) is 0. The van der Waals surface area contributed by atoms with Crippen LogP contribution in [0.1, 0.15) is 21.9 Å². The number of hydrogen-bond acceptors (Lipinski definition) is 3. The number of benzene rings is 7. The van der Waals surface area contributed by atoms with Crippen molar-refractivity contribution in [1.29, 1.82) is 0 Å². The second-order valence-electron chi connectivity index (χ2n) is 11.4. The molecule has 3 heterocycles. The van der Waals surface area contributed by atoms with E-state index in [1.54, 1.807) is 12.1 Å². The molecule has 0 aliphatic heterocycles. The van der Waals surface area contributed by atoms with Crippen LogP contribution < -0.4 is 0 Å². The van der Waals surface area contributed by atoms with Crippen molar-refractivity contribution in [3.05, 3.63) is 176 Å². The standard InChI is InChI=1S/C45H29N5/c1-3-15-30(16-4-1)32-27-33(31-17-5-2-6-18-31)29-34(28-32)43-46-44(49-39-23-11-7-19-35(39)36-20-8-12-24-40(36)49)48-45(47-43)50-41-25-13-9-21-37(41)38-22-10-14-26-42(38)50/h1-29H/i7D,8D,9D,10D,11D,12D,13D,14D,19D,20D,21D,22D,23D,24D,25D,26D. The van der Waals surface area contributed by atoms with Crippen molar-refractivity contribution in [2.24, 2.45) is 0 Å². The average molecular weight is 656 g/mol. The summed E-state index contributed by atoms with van der Waals surface area (Å²) in [5.41, 5.74) is 2.06. The number of fused-ring (bicyclic) bond motifs is 6. The van der Waals surface area contributed by atoms with Crippen LogP contribution in [0, 0.1) is 0 Å². The monoisotopic (exact) mass is 655 g/mol. The molecule has 3 aromatic heterocycles. The van der Waals surface area contributed by atoms with Gasteiger partial charge in [0, 0.05) is 27.1 Å². The van der Waals surface area contributed by atoms with Crippen LogP contribution in [0.25, 0.3) is 89.2 Å². The zero-order chi connectivity index (χ0) is 46.9. The zero-order valence-corrected chi connectivity index (χ0v) is 25.7. The third-order valence-corrected chi connectivity index (χ3v) is 8.48. The van der Waals surface area contributed by atoms with Crippen molar-refractivity contribution >= 4 is 43.6 Å². The first-order valence-corrected chi connectivity index (χ1v) is 15.5. The summed E-state index contributed by atoms with van der Waals surface area (Å²) in [7, 11) is 0. The predicted molar refractivity (Wildman–Crippen MR) is 205 cm³/mol. The van der Waals surface area contributed by atoms with E-state index in [1.807, 2.05) is 66.7 Å². The molecule has 0 saturated carbocycles. The highest BCUT2D eigenvalue weighted by molar-refractivity contribution is 6.10. The summed E-state index contributed by atoms with van der Waals surface area (Å²) in [6.45, 7) is 0. The first-order valence-electron chi connectivity index (χ1n) is 23.5. The van der Waals surface area contributed by atoms with Gasteiger partial charge in [0.1, 0.15) is 0 Å². The predicted octanol–water partition coefficient (Wildman–Crippen LogP) is 11.1. The third-order valence-electron chi connectivity index (χ3n) is 8.48. The Labute approximate surface area is 310 Å². The Hall–Kier alpha value is -6.85. The molecule has 0 aliphatic rings. The van der Waals surface area contributed by atoms with E-state index >= 15 is 0 Å². The highest BCUT2D eigenvalue weighted by Crippen LogP contribution is 2.36. The SMILES string of the molecule is [2H]c1c([2H])c([2H])c2c(c1[2H])c1c([2H])c([2H])c([2H])c([2H])c1n2-c1nc(-c2cc(-c3ccccc3)cc(-c3ccccc3)c2)nc(-n2c3c([2H])c([2H])c([2H])c([2H])c3c3c([2H])c([2H])c([2H])c([2H])c32)n1. The molecule has 5 nitrogen and oxygen atoms in total. The minimum Gasteiger partial charge on any atom is -0.278 e. The smallest absolute Gasteiger partial charge is 0.240 e. The first kappa shape index (κ1) is 16.5. The molecule has 0 aliphatic carbocycles. The Kier molecular flexibility index (Phi) is 3.76. The van der Waals surface area contributed by atoms with Crippen LogP contribution in [0.2, 0.25) is 0 Å². The fourth-order valence-electron chi connectivity index (χ4n) is 6.28. The molecule has 5 heteroatoms. The lowest BCUT2D eigenvalue weighted by Gasteiger charge is -2.14. The number of rotatable bonds is 5. The molecule has 0 unspecified atom stereocenters. The average Bonchev–Trinajstić information content (AvgIpc) is 3.90. The molecule has 0 atom stereocenters. The minimum atomic E-state index is -0.696. The molecule has 0 radical (unpaired) electrons. The van der Waals surface area contributed by atoms with Crippen LogP contribution in [-0.2, 0) is 0 Å². The molecule has 7 aromatic carbocycles. The molecule has 234 valence electrons. The zero-order valence-electron chi connectivity index (χ0n) is 41.7. The van der Waals surface area contributed by atoms with E-state index in [0.29, 0.717) is 16.7 Å². The van der Waals surface area contributed by atoms with E-state index < -0.39 is 109 Å². The van der Waals surface area contributed by atoms with E-state index in [2.05, 4.69) is 0 Å².